The van der Waals surface area contributed by atoms with Crippen LogP contribution in [0.5, 0.6) is 0 Å². The number of nitrogens with zero attached hydrogens (tertiary/aromatic N) is 4. The van der Waals surface area contributed by atoms with E-state index in [1.807, 2.05) is 0 Å². The lowest BCUT2D eigenvalue weighted by atomic mass is 10.2. The molecule has 0 fully saturated rings. The van der Waals surface area contributed by atoms with Gasteiger partial charge < -0.3 is 0 Å². The second-order valence-electron chi connectivity index (χ2n) is 5.29. The highest BCUT2D eigenvalue weighted by Gasteiger charge is 2.28. The fourth-order valence-corrected chi connectivity index (χ4v) is 3.87. The fourth-order valence-electron chi connectivity index (χ4n) is 2.43. The number of nitro groups is 1. The molecule has 0 spiro atoms. The maximum absolute atomic E-state index is 14.2. The lowest BCUT2D eigenvalue weighted by molar-refractivity contribution is -0.387. The monoisotopic (exact) mass is 377 g/mol. The third-order valence-corrected chi connectivity index (χ3v) is 5.10. The van der Waals surface area contributed by atoms with Crippen LogP contribution < -0.4 is 4.72 Å². The van der Waals surface area contributed by atoms with Crippen molar-refractivity contribution in [3.63, 3.8) is 0 Å². The SMILES string of the molecule is Cc1cccc([N+](=O)[O-])c1S(=O)(=O)Nc1ccc(-n2cncn2)c(F)c1. The van der Waals surface area contributed by atoms with Crippen LogP contribution in [-0.4, -0.2) is 28.1 Å². The van der Waals surface area contributed by atoms with Gasteiger partial charge in [-0.2, -0.15) is 5.10 Å². The quantitative estimate of drug-likeness (QED) is 0.538. The average Bonchev–Trinajstić information content (AvgIpc) is 3.08. The van der Waals surface area contributed by atoms with Gasteiger partial charge in [0.15, 0.2) is 10.7 Å². The Morgan fingerprint density at radius 3 is 2.65 bits per heavy atom. The van der Waals surface area contributed by atoms with E-state index < -0.39 is 31.3 Å². The first-order chi connectivity index (χ1) is 12.3. The summed E-state index contributed by atoms with van der Waals surface area (Å²) >= 11 is 0. The molecule has 1 heterocycles. The van der Waals surface area contributed by atoms with E-state index in [9.17, 15) is 22.9 Å². The Morgan fingerprint density at radius 1 is 1.27 bits per heavy atom. The van der Waals surface area contributed by atoms with Crippen LogP contribution in [0.3, 0.4) is 0 Å². The first-order valence-corrected chi connectivity index (χ1v) is 8.69. The third kappa shape index (κ3) is 3.24. The van der Waals surface area contributed by atoms with Crippen molar-refractivity contribution in [2.45, 2.75) is 11.8 Å². The van der Waals surface area contributed by atoms with E-state index in [0.717, 1.165) is 12.1 Å². The molecule has 9 nitrogen and oxygen atoms in total. The molecule has 134 valence electrons. The van der Waals surface area contributed by atoms with Gasteiger partial charge >= 0.3 is 0 Å². The Hall–Kier alpha value is -3.34. The van der Waals surface area contributed by atoms with Gasteiger partial charge in [0.2, 0.25) is 0 Å². The van der Waals surface area contributed by atoms with Gasteiger partial charge in [-0.1, -0.05) is 12.1 Å². The Balaban J connectivity index is 1.99. The number of halogens is 1. The molecule has 0 radical (unpaired) electrons. The minimum atomic E-state index is -4.30. The van der Waals surface area contributed by atoms with Crippen LogP contribution in [0.15, 0.2) is 53.9 Å². The molecule has 0 unspecified atom stereocenters. The highest BCUT2D eigenvalue weighted by Crippen LogP contribution is 2.29. The van der Waals surface area contributed by atoms with E-state index in [-0.39, 0.29) is 16.9 Å². The van der Waals surface area contributed by atoms with Crippen LogP contribution >= 0.6 is 0 Å². The second-order valence-corrected chi connectivity index (χ2v) is 6.91. The summed E-state index contributed by atoms with van der Waals surface area (Å²) in [6.07, 6.45) is 2.52. The Bertz CT molecular complexity index is 1080. The number of rotatable bonds is 5. The number of sulfonamides is 1. The molecule has 0 saturated heterocycles. The standard InChI is InChI=1S/C15H12FN5O4S/c1-10-3-2-4-14(21(22)23)15(10)26(24,25)19-11-5-6-13(12(16)7-11)20-9-17-8-18-20/h2-9,19H,1H3. The smallest absolute Gasteiger partial charge is 0.279 e. The van der Waals surface area contributed by atoms with Crippen molar-refractivity contribution in [1.82, 2.24) is 14.8 Å². The Morgan fingerprint density at radius 2 is 2.04 bits per heavy atom. The lowest BCUT2D eigenvalue weighted by Crippen LogP contribution is -2.16. The van der Waals surface area contributed by atoms with Crippen molar-refractivity contribution in [2.75, 3.05) is 4.72 Å². The molecule has 11 heteroatoms. The molecule has 1 aromatic heterocycles. The summed E-state index contributed by atoms with van der Waals surface area (Å²) < 4.78 is 42.8. The molecule has 0 aliphatic carbocycles. The van der Waals surface area contributed by atoms with Gasteiger partial charge in [-0.3, -0.25) is 14.8 Å². The molecular formula is C15H12FN5O4S. The second kappa shape index (κ2) is 6.52. The maximum Gasteiger partial charge on any atom is 0.290 e. The van der Waals surface area contributed by atoms with Crippen LogP contribution in [0.4, 0.5) is 15.8 Å². The molecule has 3 aromatic rings. The summed E-state index contributed by atoms with van der Waals surface area (Å²) in [5.41, 5.74) is -0.361. The largest absolute Gasteiger partial charge is 0.290 e. The molecule has 1 N–H and O–H groups in total. The summed E-state index contributed by atoms with van der Waals surface area (Å²) in [5.74, 6) is -0.741. The van der Waals surface area contributed by atoms with Gasteiger partial charge in [0.1, 0.15) is 18.3 Å². The fraction of sp³-hybridized carbons (Fsp3) is 0.0667. The number of hydrogen-bond donors (Lipinski definition) is 1. The Labute approximate surface area is 147 Å². The van der Waals surface area contributed by atoms with E-state index in [1.165, 1.54) is 48.5 Å². The maximum atomic E-state index is 14.2. The molecular weight excluding hydrogens is 365 g/mol. The van der Waals surface area contributed by atoms with Crippen LogP contribution in [-0.2, 0) is 10.0 Å². The molecule has 3 rings (SSSR count). The van der Waals surface area contributed by atoms with Crippen LogP contribution in [0.25, 0.3) is 5.69 Å². The zero-order valence-corrected chi connectivity index (χ0v) is 14.1. The van der Waals surface area contributed by atoms with Crippen LogP contribution in [0.2, 0.25) is 0 Å². The molecule has 2 aromatic carbocycles. The first kappa shape index (κ1) is 17.5. The van der Waals surface area contributed by atoms with Crippen LogP contribution in [0.1, 0.15) is 5.56 Å². The number of hydrogen-bond acceptors (Lipinski definition) is 6. The Kier molecular flexibility index (Phi) is 4.38. The summed E-state index contributed by atoms with van der Waals surface area (Å²) in [7, 11) is -4.30. The number of aromatic nitrogens is 3. The van der Waals surface area contributed by atoms with Gasteiger partial charge in [-0.25, -0.2) is 22.5 Å². The van der Waals surface area contributed by atoms with Crippen molar-refractivity contribution in [3.05, 3.63) is 70.5 Å². The first-order valence-electron chi connectivity index (χ1n) is 7.21. The van der Waals surface area contributed by atoms with E-state index in [0.29, 0.717) is 0 Å². The average molecular weight is 377 g/mol. The zero-order chi connectivity index (χ0) is 18.9. The van der Waals surface area contributed by atoms with Gasteiger partial charge in [0.25, 0.3) is 15.7 Å². The number of anilines is 1. The summed E-state index contributed by atoms with van der Waals surface area (Å²) in [5, 5.41) is 14.9. The van der Waals surface area contributed by atoms with Crippen LogP contribution in [0, 0.1) is 22.9 Å². The molecule has 0 amide bonds. The summed E-state index contributed by atoms with van der Waals surface area (Å²) in [4.78, 5) is 13.6. The summed E-state index contributed by atoms with van der Waals surface area (Å²) in [6, 6.07) is 7.51. The predicted octanol–water partition coefficient (Wildman–Crippen LogP) is 2.42. The minimum Gasteiger partial charge on any atom is -0.279 e. The minimum absolute atomic E-state index is 0.0762. The number of aryl methyl sites for hydroxylation is 1. The van der Waals surface area contributed by atoms with E-state index in [4.69, 9.17) is 0 Å². The van der Waals surface area contributed by atoms with Gasteiger partial charge in [0, 0.05) is 12.1 Å². The predicted molar refractivity (Wildman–Crippen MR) is 90.0 cm³/mol. The van der Waals surface area contributed by atoms with Gasteiger partial charge in [0.05, 0.1) is 10.6 Å². The molecule has 26 heavy (non-hydrogen) atoms. The van der Waals surface area contributed by atoms with E-state index in [2.05, 4.69) is 14.8 Å². The van der Waals surface area contributed by atoms with E-state index >= 15 is 0 Å². The molecule has 0 atom stereocenters. The zero-order valence-electron chi connectivity index (χ0n) is 13.3. The van der Waals surface area contributed by atoms with Crippen molar-refractivity contribution in [1.29, 1.82) is 0 Å². The number of nitro benzene ring substituents is 1. The van der Waals surface area contributed by atoms with Crippen molar-refractivity contribution >= 4 is 21.4 Å². The normalized spacial score (nSPS) is 11.3. The van der Waals surface area contributed by atoms with Crippen molar-refractivity contribution in [3.8, 4) is 5.69 Å². The topological polar surface area (TPSA) is 120 Å². The number of benzene rings is 2. The summed E-state index contributed by atoms with van der Waals surface area (Å²) in [6.45, 7) is 1.44. The van der Waals surface area contributed by atoms with Gasteiger partial charge in [-0.05, 0) is 24.6 Å². The van der Waals surface area contributed by atoms with E-state index in [1.54, 1.807) is 0 Å². The van der Waals surface area contributed by atoms with Crippen molar-refractivity contribution in [2.24, 2.45) is 0 Å². The molecule has 0 aliphatic heterocycles. The molecule has 0 aliphatic rings. The molecule has 0 saturated carbocycles. The van der Waals surface area contributed by atoms with Gasteiger partial charge in [-0.15, -0.1) is 0 Å². The number of nitrogens with one attached hydrogen (secondary N) is 1. The highest BCUT2D eigenvalue weighted by atomic mass is 32.2. The third-order valence-electron chi connectivity index (χ3n) is 3.52. The lowest BCUT2D eigenvalue weighted by Gasteiger charge is -2.11. The van der Waals surface area contributed by atoms with Crippen molar-refractivity contribution < 1.29 is 17.7 Å². The highest BCUT2D eigenvalue weighted by molar-refractivity contribution is 7.93. The molecule has 0 bridgehead atoms.